The number of ether oxygens (including phenoxy) is 1. The van der Waals surface area contributed by atoms with Crippen molar-refractivity contribution in [2.24, 2.45) is 0 Å². The molecule has 80 valence electrons. The molecule has 1 atom stereocenters. The van der Waals surface area contributed by atoms with E-state index in [0.717, 1.165) is 18.6 Å². The first-order valence-corrected chi connectivity index (χ1v) is 5.19. The van der Waals surface area contributed by atoms with Crippen LogP contribution in [-0.2, 0) is 12.8 Å². The Morgan fingerprint density at radius 3 is 2.93 bits per heavy atom. The van der Waals surface area contributed by atoms with Gasteiger partial charge in [-0.15, -0.1) is 6.58 Å². The Balaban J connectivity index is 2.35. The van der Waals surface area contributed by atoms with E-state index in [2.05, 4.69) is 12.6 Å². The van der Waals surface area contributed by atoms with E-state index in [-0.39, 0.29) is 0 Å². The van der Waals surface area contributed by atoms with Crippen LogP contribution in [0, 0.1) is 0 Å². The fourth-order valence-corrected chi connectivity index (χ4v) is 2.08. The number of aliphatic hydroxyl groups is 1. The van der Waals surface area contributed by atoms with Gasteiger partial charge in [0.2, 0.25) is 0 Å². The average molecular weight is 204 g/mol. The Kier molecular flexibility index (Phi) is 2.53. The number of hydrogen-bond donors (Lipinski definition) is 1. The lowest BCUT2D eigenvalue weighted by molar-refractivity contribution is 0.0764. The normalized spacial score (nSPS) is 24.4. The van der Waals surface area contributed by atoms with E-state index in [4.69, 9.17) is 4.74 Å². The number of aryl methyl sites for hydroxylation is 1. The van der Waals surface area contributed by atoms with Crippen molar-refractivity contribution in [1.29, 1.82) is 0 Å². The van der Waals surface area contributed by atoms with E-state index in [0.29, 0.717) is 6.42 Å². The number of methoxy groups -OCH3 is 1. The van der Waals surface area contributed by atoms with Gasteiger partial charge in [0.25, 0.3) is 0 Å². The van der Waals surface area contributed by atoms with Crippen LogP contribution < -0.4 is 4.74 Å². The minimum absolute atomic E-state index is 0.642. The van der Waals surface area contributed by atoms with Gasteiger partial charge in [-0.3, -0.25) is 0 Å². The van der Waals surface area contributed by atoms with Gasteiger partial charge >= 0.3 is 0 Å². The summed E-state index contributed by atoms with van der Waals surface area (Å²) in [4.78, 5) is 0. The molecule has 1 aromatic rings. The largest absolute Gasteiger partial charge is 0.497 e. The molecule has 0 fully saturated rings. The van der Waals surface area contributed by atoms with E-state index in [9.17, 15) is 5.11 Å². The van der Waals surface area contributed by atoms with Crippen molar-refractivity contribution in [3.63, 3.8) is 0 Å². The number of benzene rings is 1. The van der Waals surface area contributed by atoms with Crippen molar-refractivity contribution in [2.75, 3.05) is 7.11 Å². The molecular weight excluding hydrogens is 188 g/mol. The first kappa shape index (κ1) is 10.2. The Labute approximate surface area is 90.2 Å². The Morgan fingerprint density at radius 1 is 1.47 bits per heavy atom. The van der Waals surface area contributed by atoms with Crippen LogP contribution in [0.1, 0.15) is 17.5 Å². The van der Waals surface area contributed by atoms with Crippen LogP contribution in [0.25, 0.3) is 0 Å². The molecule has 0 spiro atoms. The quantitative estimate of drug-likeness (QED) is 0.747. The molecule has 2 heteroatoms. The van der Waals surface area contributed by atoms with Crippen LogP contribution in [-0.4, -0.2) is 17.8 Å². The number of fused-ring (bicyclic) bond motifs is 1. The highest BCUT2D eigenvalue weighted by Gasteiger charge is 2.28. The summed E-state index contributed by atoms with van der Waals surface area (Å²) in [6.45, 7) is 3.69. The topological polar surface area (TPSA) is 29.5 Å². The molecule has 1 unspecified atom stereocenters. The summed E-state index contributed by atoms with van der Waals surface area (Å²) in [6.07, 6.45) is 3.95. The molecule has 0 heterocycles. The standard InChI is InChI=1S/C13H16O2/c1-3-13(14)7-6-10-4-5-12(15-2)8-11(10)9-13/h3-5,8,14H,1,6-7,9H2,2H3. The van der Waals surface area contributed by atoms with Crippen LogP contribution in [0.15, 0.2) is 30.9 Å². The van der Waals surface area contributed by atoms with E-state index in [1.54, 1.807) is 13.2 Å². The van der Waals surface area contributed by atoms with Crippen molar-refractivity contribution < 1.29 is 9.84 Å². The molecule has 1 aromatic carbocycles. The van der Waals surface area contributed by atoms with Gasteiger partial charge in [-0.2, -0.15) is 0 Å². The number of rotatable bonds is 2. The van der Waals surface area contributed by atoms with Crippen molar-refractivity contribution in [2.45, 2.75) is 24.9 Å². The monoisotopic (exact) mass is 204 g/mol. The molecule has 15 heavy (non-hydrogen) atoms. The van der Waals surface area contributed by atoms with Gasteiger partial charge in [-0.1, -0.05) is 12.1 Å². The van der Waals surface area contributed by atoms with E-state index in [1.165, 1.54) is 11.1 Å². The van der Waals surface area contributed by atoms with Gasteiger partial charge in [0.05, 0.1) is 12.7 Å². The second kappa shape index (κ2) is 3.70. The fraction of sp³-hybridized carbons (Fsp3) is 0.385. The van der Waals surface area contributed by atoms with E-state index < -0.39 is 5.60 Å². The summed E-state index contributed by atoms with van der Waals surface area (Å²) in [5, 5.41) is 10.1. The minimum atomic E-state index is -0.737. The predicted molar refractivity (Wildman–Crippen MR) is 60.2 cm³/mol. The third-order valence-corrected chi connectivity index (χ3v) is 3.12. The molecule has 2 rings (SSSR count). The molecule has 2 nitrogen and oxygen atoms in total. The lowest BCUT2D eigenvalue weighted by atomic mass is 9.80. The van der Waals surface area contributed by atoms with E-state index >= 15 is 0 Å². The fourth-order valence-electron chi connectivity index (χ4n) is 2.08. The van der Waals surface area contributed by atoms with Crippen LogP contribution in [0.5, 0.6) is 5.75 Å². The first-order valence-electron chi connectivity index (χ1n) is 5.19. The SMILES string of the molecule is C=CC1(O)CCc2ccc(OC)cc2C1. The first-order chi connectivity index (χ1) is 7.17. The van der Waals surface area contributed by atoms with Crippen molar-refractivity contribution in [3.8, 4) is 5.75 Å². The molecule has 0 saturated carbocycles. The lowest BCUT2D eigenvalue weighted by Gasteiger charge is -2.30. The molecular formula is C13H16O2. The van der Waals surface area contributed by atoms with Crippen molar-refractivity contribution in [1.82, 2.24) is 0 Å². The molecule has 1 aliphatic rings. The summed E-state index contributed by atoms with van der Waals surface area (Å²) >= 11 is 0. The third kappa shape index (κ3) is 1.90. The van der Waals surface area contributed by atoms with Gasteiger partial charge in [-0.05, 0) is 36.1 Å². The van der Waals surface area contributed by atoms with Gasteiger partial charge < -0.3 is 9.84 Å². The van der Waals surface area contributed by atoms with Gasteiger partial charge in [-0.25, -0.2) is 0 Å². The maximum absolute atomic E-state index is 10.1. The highest BCUT2D eigenvalue weighted by atomic mass is 16.5. The summed E-state index contributed by atoms with van der Waals surface area (Å²) in [5.41, 5.74) is 1.74. The molecule has 0 bridgehead atoms. The average Bonchev–Trinajstić information content (AvgIpc) is 2.28. The molecule has 0 amide bonds. The second-order valence-corrected chi connectivity index (χ2v) is 4.12. The predicted octanol–water partition coefficient (Wildman–Crippen LogP) is 2.10. The third-order valence-electron chi connectivity index (χ3n) is 3.12. The zero-order valence-electron chi connectivity index (χ0n) is 8.99. The Bertz CT molecular complexity index is 384. The van der Waals surface area contributed by atoms with E-state index in [1.807, 2.05) is 12.1 Å². The Hall–Kier alpha value is -1.28. The van der Waals surface area contributed by atoms with Crippen LogP contribution >= 0.6 is 0 Å². The highest BCUT2D eigenvalue weighted by molar-refractivity contribution is 5.39. The maximum atomic E-state index is 10.1. The molecule has 0 radical (unpaired) electrons. The second-order valence-electron chi connectivity index (χ2n) is 4.12. The maximum Gasteiger partial charge on any atom is 0.119 e. The van der Waals surface area contributed by atoms with Crippen LogP contribution in [0.4, 0.5) is 0 Å². The van der Waals surface area contributed by atoms with Gasteiger partial charge in [0, 0.05) is 6.42 Å². The van der Waals surface area contributed by atoms with Gasteiger partial charge in [0.15, 0.2) is 0 Å². The zero-order chi connectivity index (χ0) is 10.9. The summed E-state index contributed by atoms with van der Waals surface area (Å²) in [7, 11) is 1.66. The lowest BCUT2D eigenvalue weighted by Crippen LogP contribution is -2.33. The molecule has 0 saturated heterocycles. The molecule has 1 N–H and O–H groups in total. The highest BCUT2D eigenvalue weighted by Crippen LogP contribution is 2.31. The summed E-state index contributed by atoms with van der Waals surface area (Å²) < 4.78 is 5.17. The minimum Gasteiger partial charge on any atom is -0.497 e. The van der Waals surface area contributed by atoms with Crippen LogP contribution in [0.3, 0.4) is 0 Å². The summed E-state index contributed by atoms with van der Waals surface area (Å²) in [6, 6.07) is 6.05. The molecule has 1 aliphatic carbocycles. The summed E-state index contributed by atoms with van der Waals surface area (Å²) in [5.74, 6) is 0.849. The van der Waals surface area contributed by atoms with Crippen molar-refractivity contribution >= 4 is 0 Å². The Morgan fingerprint density at radius 2 is 2.27 bits per heavy atom. The molecule has 0 aliphatic heterocycles. The van der Waals surface area contributed by atoms with Gasteiger partial charge in [0.1, 0.15) is 5.75 Å². The molecule has 0 aromatic heterocycles. The van der Waals surface area contributed by atoms with Crippen molar-refractivity contribution in [3.05, 3.63) is 42.0 Å². The number of hydrogen-bond acceptors (Lipinski definition) is 2. The smallest absolute Gasteiger partial charge is 0.119 e. The van der Waals surface area contributed by atoms with Crippen LogP contribution in [0.2, 0.25) is 0 Å². The zero-order valence-corrected chi connectivity index (χ0v) is 8.99.